The molecular formula is C44H34N2O. The van der Waals surface area contributed by atoms with E-state index in [1.807, 2.05) is 12.1 Å². The Morgan fingerprint density at radius 1 is 0.489 bits per heavy atom. The van der Waals surface area contributed by atoms with Crippen LogP contribution in [0.1, 0.15) is 23.6 Å². The molecule has 3 nitrogen and oxygen atoms in total. The van der Waals surface area contributed by atoms with Crippen molar-refractivity contribution in [2.24, 2.45) is 0 Å². The maximum absolute atomic E-state index is 10.0. The zero-order valence-electron chi connectivity index (χ0n) is 25.9. The molecular weight excluding hydrogens is 572 g/mol. The molecule has 47 heavy (non-hydrogen) atoms. The quantitative estimate of drug-likeness (QED) is 0.196. The molecule has 1 unspecified atom stereocenters. The molecule has 0 saturated carbocycles. The van der Waals surface area contributed by atoms with E-state index in [1.54, 1.807) is 12.1 Å². The first-order valence-corrected chi connectivity index (χ1v) is 16.1. The molecule has 3 heteroatoms. The van der Waals surface area contributed by atoms with Crippen molar-refractivity contribution in [3.05, 3.63) is 187 Å². The number of phenolic OH excluding ortho intramolecular Hbond substituents is 1. The molecule has 0 aromatic heterocycles. The molecule has 7 aromatic carbocycles. The highest BCUT2D eigenvalue weighted by Crippen LogP contribution is 2.43. The van der Waals surface area contributed by atoms with Crippen LogP contribution in [-0.4, -0.2) is 5.11 Å². The Kier molecular flexibility index (Phi) is 7.49. The summed E-state index contributed by atoms with van der Waals surface area (Å²) in [5.74, 6) is 0.266. The average molecular weight is 607 g/mol. The molecule has 1 aliphatic rings. The Morgan fingerprint density at radius 3 is 1.81 bits per heavy atom. The Labute approximate surface area is 275 Å². The lowest BCUT2D eigenvalue weighted by Gasteiger charge is -2.36. The second-order valence-corrected chi connectivity index (χ2v) is 11.9. The first-order chi connectivity index (χ1) is 23.2. The van der Waals surface area contributed by atoms with Crippen molar-refractivity contribution in [2.75, 3.05) is 9.80 Å². The summed E-state index contributed by atoms with van der Waals surface area (Å²) < 4.78 is 0. The molecule has 0 heterocycles. The van der Waals surface area contributed by atoms with Gasteiger partial charge in [-0.15, -0.1) is 0 Å². The largest absolute Gasteiger partial charge is 0.508 e. The fourth-order valence-electron chi connectivity index (χ4n) is 6.81. The highest BCUT2D eigenvalue weighted by molar-refractivity contribution is 5.99. The number of para-hydroxylation sites is 1. The third-order valence-electron chi connectivity index (χ3n) is 9.08. The summed E-state index contributed by atoms with van der Waals surface area (Å²) in [4.78, 5) is 4.72. The van der Waals surface area contributed by atoms with Crippen LogP contribution in [-0.2, 0) is 0 Å². The van der Waals surface area contributed by atoms with Gasteiger partial charge in [-0.3, -0.25) is 0 Å². The molecule has 0 fully saturated rings. The normalized spacial score (nSPS) is 13.7. The predicted octanol–water partition coefficient (Wildman–Crippen LogP) is 12.0. The van der Waals surface area contributed by atoms with Gasteiger partial charge in [0.05, 0.1) is 11.7 Å². The maximum atomic E-state index is 10.0. The number of nitrogens with zero attached hydrogens (tertiary/aromatic N) is 2. The van der Waals surface area contributed by atoms with Crippen LogP contribution in [0.3, 0.4) is 0 Å². The second-order valence-electron chi connectivity index (χ2n) is 11.9. The standard InChI is InChI=1S/C44H34N2O/c47-40-30-28-39(29-31-40)46(44-19-9-13-35-11-5-7-17-42(35)44)38-26-22-33(23-27-38)32-20-24-37(25-21-32)45(36-14-2-1-3-15-36)43-18-8-12-34-10-4-6-16-41(34)43/h1-18,20-31,44,47H,19H2. The first-order valence-electron chi connectivity index (χ1n) is 16.1. The van der Waals surface area contributed by atoms with E-state index in [0.717, 1.165) is 46.0 Å². The van der Waals surface area contributed by atoms with Crippen LogP contribution in [0.5, 0.6) is 5.75 Å². The Hall–Kier alpha value is -6.06. The van der Waals surface area contributed by atoms with E-state index in [1.165, 1.54) is 21.9 Å². The zero-order valence-corrected chi connectivity index (χ0v) is 25.9. The number of hydrogen-bond donors (Lipinski definition) is 1. The van der Waals surface area contributed by atoms with Gasteiger partial charge in [0.2, 0.25) is 0 Å². The Balaban J connectivity index is 1.14. The summed E-state index contributed by atoms with van der Waals surface area (Å²) in [7, 11) is 0. The van der Waals surface area contributed by atoms with Gasteiger partial charge in [-0.05, 0) is 101 Å². The summed E-state index contributed by atoms with van der Waals surface area (Å²) in [6, 6.07) is 59.6. The minimum atomic E-state index is 0.143. The highest BCUT2D eigenvalue weighted by atomic mass is 16.3. The number of aromatic hydroxyl groups is 1. The molecule has 0 bridgehead atoms. The number of phenols is 1. The lowest BCUT2D eigenvalue weighted by Crippen LogP contribution is -2.25. The van der Waals surface area contributed by atoms with Crippen LogP contribution < -0.4 is 9.80 Å². The monoisotopic (exact) mass is 606 g/mol. The van der Waals surface area contributed by atoms with Gasteiger partial charge in [0, 0.05) is 28.1 Å². The summed E-state index contributed by atoms with van der Waals surface area (Å²) in [6.07, 6.45) is 5.37. The van der Waals surface area contributed by atoms with Crippen molar-refractivity contribution in [3.8, 4) is 16.9 Å². The van der Waals surface area contributed by atoms with E-state index < -0.39 is 0 Å². The third kappa shape index (κ3) is 5.53. The van der Waals surface area contributed by atoms with E-state index >= 15 is 0 Å². The topological polar surface area (TPSA) is 26.7 Å². The van der Waals surface area contributed by atoms with Gasteiger partial charge in [-0.25, -0.2) is 0 Å². The van der Waals surface area contributed by atoms with Gasteiger partial charge in [0.1, 0.15) is 5.75 Å². The zero-order chi connectivity index (χ0) is 31.6. The number of rotatable bonds is 7. The average Bonchev–Trinajstić information content (AvgIpc) is 3.14. The van der Waals surface area contributed by atoms with Crippen molar-refractivity contribution >= 4 is 45.3 Å². The maximum Gasteiger partial charge on any atom is 0.115 e. The summed E-state index contributed by atoms with van der Waals surface area (Å²) in [6.45, 7) is 0. The van der Waals surface area contributed by atoms with Crippen LogP contribution >= 0.6 is 0 Å². The van der Waals surface area contributed by atoms with Crippen LogP contribution in [0.25, 0.3) is 28.0 Å². The molecule has 0 aliphatic heterocycles. The van der Waals surface area contributed by atoms with E-state index in [2.05, 4.69) is 168 Å². The molecule has 0 spiro atoms. The van der Waals surface area contributed by atoms with E-state index in [-0.39, 0.29) is 11.8 Å². The van der Waals surface area contributed by atoms with Crippen molar-refractivity contribution < 1.29 is 5.11 Å². The van der Waals surface area contributed by atoms with Crippen molar-refractivity contribution in [1.29, 1.82) is 0 Å². The lowest BCUT2D eigenvalue weighted by atomic mass is 9.90. The van der Waals surface area contributed by atoms with Crippen LogP contribution in [0.15, 0.2) is 176 Å². The lowest BCUT2D eigenvalue weighted by molar-refractivity contribution is 0.475. The van der Waals surface area contributed by atoms with Crippen LogP contribution in [0.4, 0.5) is 28.4 Å². The van der Waals surface area contributed by atoms with Gasteiger partial charge in [-0.1, -0.05) is 115 Å². The minimum absolute atomic E-state index is 0.143. The fraction of sp³-hybridized carbons (Fsp3) is 0.0455. The highest BCUT2D eigenvalue weighted by Gasteiger charge is 2.25. The number of anilines is 5. The first kappa shape index (κ1) is 28.4. The van der Waals surface area contributed by atoms with Crippen LogP contribution in [0.2, 0.25) is 0 Å². The number of fused-ring (bicyclic) bond motifs is 2. The minimum Gasteiger partial charge on any atom is -0.508 e. The molecule has 1 atom stereocenters. The summed E-state index contributed by atoms with van der Waals surface area (Å²) in [5.41, 5.74) is 10.4. The molecule has 7 aromatic rings. The van der Waals surface area contributed by atoms with Crippen molar-refractivity contribution in [1.82, 2.24) is 0 Å². The number of benzene rings is 7. The van der Waals surface area contributed by atoms with Gasteiger partial charge in [-0.2, -0.15) is 0 Å². The Bertz CT molecular complexity index is 2160. The van der Waals surface area contributed by atoms with Gasteiger partial charge in [0.15, 0.2) is 0 Å². The van der Waals surface area contributed by atoms with Gasteiger partial charge >= 0.3 is 0 Å². The van der Waals surface area contributed by atoms with Gasteiger partial charge < -0.3 is 14.9 Å². The van der Waals surface area contributed by atoms with Crippen molar-refractivity contribution in [2.45, 2.75) is 12.5 Å². The predicted molar refractivity (Wildman–Crippen MR) is 197 cm³/mol. The Morgan fingerprint density at radius 2 is 1.06 bits per heavy atom. The van der Waals surface area contributed by atoms with Crippen LogP contribution in [0, 0.1) is 0 Å². The summed E-state index contributed by atoms with van der Waals surface area (Å²) >= 11 is 0. The third-order valence-corrected chi connectivity index (χ3v) is 9.08. The molecule has 1 N–H and O–H groups in total. The SMILES string of the molecule is Oc1ccc(N(c2ccc(-c3ccc(N(c4ccccc4)c4cccc5ccccc45)cc3)cc2)C2CC=Cc3ccccc32)cc1. The second kappa shape index (κ2) is 12.4. The molecule has 8 rings (SSSR count). The molecule has 1 aliphatic carbocycles. The molecule has 0 radical (unpaired) electrons. The fourth-order valence-corrected chi connectivity index (χ4v) is 6.81. The van der Waals surface area contributed by atoms with E-state index in [0.29, 0.717) is 0 Å². The van der Waals surface area contributed by atoms with E-state index in [4.69, 9.17) is 0 Å². The van der Waals surface area contributed by atoms with Gasteiger partial charge in [0.25, 0.3) is 0 Å². The molecule has 0 amide bonds. The molecule has 226 valence electrons. The molecule has 0 saturated heterocycles. The summed E-state index contributed by atoms with van der Waals surface area (Å²) in [5, 5.41) is 12.5. The van der Waals surface area contributed by atoms with Crippen molar-refractivity contribution in [3.63, 3.8) is 0 Å². The number of hydrogen-bond acceptors (Lipinski definition) is 3. The van der Waals surface area contributed by atoms with E-state index in [9.17, 15) is 5.11 Å². The smallest absolute Gasteiger partial charge is 0.115 e.